The second kappa shape index (κ2) is 5.65. The van der Waals surface area contributed by atoms with Crippen molar-refractivity contribution >= 4 is 11.4 Å². The SMILES string of the molecule is C=CCN(CC=C)c1cnccc1[N+](=O)[O-]. The van der Waals surface area contributed by atoms with Crippen LogP contribution < -0.4 is 4.90 Å². The first-order valence-electron chi connectivity index (χ1n) is 4.75. The van der Waals surface area contributed by atoms with Gasteiger partial charge in [0.25, 0.3) is 5.69 Å². The summed E-state index contributed by atoms with van der Waals surface area (Å²) in [4.78, 5) is 16.1. The molecule has 0 radical (unpaired) electrons. The summed E-state index contributed by atoms with van der Waals surface area (Å²) in [5.74, 6) is 0. The van der Waals surface area contributed by atoms with E-state index in [-0.39, 0.29) is 5.69 Å². The largest absolute Gasteiger partial charge is 0.357 e. The number of nitrogens with zero attached hydrogens (tertiary/aromatic N) is 3. The quantitative estimate of drug-likeness (QED) is 0.418. The van der Waals surface area contributed by atoms with E-state index < -0.39 is 4.92 Å². The monoisotopic (exact) mass is 219 g/mol. The number of aromatic nitrogens is 1. The molecule has 0 amide bonds. The molecule has 16 heavy (non-hydrogen) atoms. The minimum atomic E-state index is -0.420. The number of hydrogen-bond acceptors (Lipinski definition) is 4. The summed E-state index contributed by atoms with van der Waals surface area (Å²) >= 11 is 0. The molecule has 1 aromatic heterocycles. The van der Waals surface area contributed by atoms with E-state index in [0.717, 1.165) is 0 Å². The Morgan fingerprint density at radius 3 is 2.56 bits per heavy atom. The van der Waals surface area contributed by atoms with Crippen molar-refractivity contribution in [1.29, 1.82) is 0 Å². The fourth-order valence-electron chi connectivity index (χ4n) is 1.36. The van der Waals surface area contributed by atoms with E-state index in [2.05, 4.69) is 18.1 Å². The smallest absolute Gasteiger partial charge is 0.295 e. The maximum Gasteiger partial charge on any atom is 0.295 e. The lowest BCUT2D eigenvalue weighted by Crippen LogP contribution is -2.24. The van der Waals surface area contributed by atoms with Crippen molar-refractivity contribution in [2.45, 2.75) is 0 Å². The van der Waals surface area contributed by atoms with E-state index in [1.807, 2.05) is 0 Å². The van der Waals surface area contributed by atoms with Crippen LogP contribution in [0, 0.1) is 10.1 Å². The summed E-state index contributed by atoms with van der Waals surface area (Å²) in [6.07, 6.45) is 6.24. The van der Waals surface area contributed by atoms with Gasteiger partial charge in [-0.1, -0.05) is 12.2 Å². The zero-order valence-electron chi connectivity index (χ0n) is 8.87. The number of hydrogen-bond donors (Lipinski definition) is 0. The van der Waals surface area contributed by atoms with Crippen molar-refractivity contribution in [2.75, 3.05) is 18.0 Å². The molecule has 0 unspecified atom stereocenters. The lowest BCUT2D eigenvalue weighted by molar-refractivity contribution is -0.384. The number of anilines is 1. The average molecular weight is 219 g/mol. The van der Waals surface area contributed by atoms with E-state index in [0.29, 0.717) is 18.8 Å². The van der Waals surface area contributed by atoms with E-state index in [9.17, 15) is 10.1 Å². The van der Waals surface area contributed by atoms with Gasteiger partial charge in [-0.15, -0.1) is 13.2 Å². The predicted octanol–water partition coefficient (Wildman–Crippen LogP) is 2.17. The summed E-state index contributed by atoms with van der Waals surface area (Å²) in [5, 5.41) is 10.8. The highest BCUT2D eigenvalue weighted by molar-refractivity contribution is 5.62. The molecule has 0 saturated carbocycles. The molecule has 1 rings (SSSR count). The molecule has 0 aromatic carbocycles. The van der Waals surface area contributed by atoms with Crippen LogP contribution in [0.5, 0.6) is 0 Å². The fraction of sp³-hybridized carbons (Fsp3) is 0.182. The summed E-state index contributed by atoms with van der Waals surface area (Å²) in [7, 11) is 0. The summed E-state index contributed by atoms with van der Waals surface area (Å²) in [6, 6.07) is 1.38. The lowest BCUT2D eigenvalue weighted by atomic mass is 10.3. The Kier molecular flexibility index (Phi) is 4.20. The second-order valence-electron chi connectivity index (χ2n) is 3.10. The molecular weight excluding hydrogens is 206 g/mol. The Morgan fingerprint density at radius 1 is 1.44 bits per heavy atom. The minimum absolute atomic E-state index is 0.0405. The first kappa shape index (κ1) is 11.9. The topological polar surface area (TPSA) is 59.3 Å². The maximum atomic E-state index is 10.8. The van der Waals surface area contributed by atoms with E-state index in [1.165, 1.54) is 18.5 Å². The van der Waals surface area contributed by atoms with Gasteiger partial charge in [0, 0.05) is 25.4 Å². The van der Waals surface area contributed by atoms with Gasteiger partial charge in [0.1, 0.15) is 5.69 Å². The van der Waals surface area contributed by atoms with E-state index >= 15 is 0 Å². The van der Waals surface area contributed by atoms with Crippen molar-refractivity contribution in [2.24, 2.45) is 0 Å². The standard InChI is InChI=1S/C11H13N3O2/c1-3-7-13(8-4-2)11-9-12-6-5-10(11)14(15)16/h3-6,9H,1-2,7-8H2. The van der Waals surface area contributed by atoms with Crippen LogP contribution in [0.25, 0.3) is 0 Å². The van der Waals surface area contributed by atoms with Gasteiger partial charge < -0.3 is 4.90 Å². The Labute approximate surface area is 93.9 Å². The van der Waals surface area contributed by atoms with Gasteiger partial charge >= 0.3 is 0 Å². The molecule has 0 aliphatic carbocycles. The zero-order chi connectivity index (χ0) is 12.0. The molecule has 0 aliphatic heterocycles. The normalized spacial score (nSPS) is 9.50. The molecule has 1 aromatic rings. The van der Waals surface area contributed by atoms with Gasteiger partial charge in [-0.3, -0.25) is 15.1 Å². The Balaban J connectivity index is 3.11. The summed E-state index contributed by atoms with van der Waals surface area (Å²) in [6.45, 7) is 8.26. The molecule has 0 atom stereocenters. The predicted molar refractivity (Wildman–Crippen MR) is 63.5 cm³/mol. The van der Waals surface area contributed by atoms with Crippen LogP contribution in [0.1, 0.15) is 0 Å². The lowest BCUT2D eigenvalue weighted by Gasteiger charge is -2.20. The highest BCUT2D eigenvalue weighted by Crippen LogP contribution is 2.26. The average Bonchev–Trinajstić information content (AvgIpc) is 2.29. The minimum Gasteiger partial charge on any atom is -0.357 e. The van der Waals surface area contributed by atoms with Gasteiger partial charge in [-0.05, 0) is 0 Å². The first-order chi connectivity index (χ1) is 7.70. The third-order valence-electron chi connectivity index (χ3n) is 2.01. The Morgan fingerprint density at radius 2 is 2.06 bits per heavy atom. The van der Waals surface area contributed by atoms with Gasteiger partial charge in [0.15, 0.2) is 0 Å². The highest BCUT2D eigenvalue weighted by atomic mass is 16.6. The fourth-order valence-corrected chi connectivity index (χ4v) is 1.36. The third kappa shape index (κ3) is 2.66. The highest BCUT2D eigenvalue weighted by Gasteiger charge is 2.17. The van der Waals surface area contributed by atoms with Crippen LogP contribution in [-0.2, 0) is 0 Å². The molecule has 0 bridgehead atoms. The van der Waals surface area contributed by atoms with Crippen molar-refractivity contribution in [3.8, 4) is 0 Å². The van der Waals surface area contributed by atoms with Crippen LogP contribution >= 0.6 is 0 Å². The zero-order valence-corrected chi connectivity index (χ0v) is 8.87. The molecular formula is C11H13N3O2. The van der Waals surface area contributed by atoms with Crippen LogP contribution in [0.4, 0.5) is 11.4 Å². The molecule has 0 fully saturated rings. The van der Waals surface area contributed by atoms with Crippen molar-refractivity contribution in [3.63, 3.8) is 0 Å². The number of pyridine rings is 1. The molecule has 84 valence electrons. The molecule has 0 aliphatic rings. The first-order valence-corrected chi connectivity index (χ1v) is 4.75. The van der Waals surface area contributed by atoms with Crippen LogP contribution in [0.15, 0.2) is 43.8 Å². The van der Waals surface area contributed by atoms with Crippen molar-refractivity contribution in [3.05, 3.63) is 53.9 Å². The van der Waals surface area contributed by atoms with Gasteiger partial charge in [0.05, 0.1) is 11.1 Å². The van der Waals surface area contributed by atoms with E-state index in [1.54, 1.807) is 17.1 Å². The van der Waals surface area contributed by atoms with Crippen LogP contribution in [-0.4, -0.2) is 23.0 Å². The molecule has 5 heteroatoms. The van der Waals surface area contributed by atoms with Gasteiger partial charge in [-0.2, -0.15) is 0 Å². The van der Waals surface area contributed by atoms with Crippen molar-refractivity contribution in [1.82, 2.24) is 4.98 Å². The Bertz CT molecular complexity index is 394. The number of nitro groups is 1. The molecule has 0 N–H and O–H groups in total. The second-order valence-corrected chi connectivity index (χ2v) is 3.10. The third-order valence-corrected chi connectivity index (χ3v) is 2.01. The maximum absolute atomic E-state index is 10.8. The summed E-state index contributed by atoms with van der Waals surface area (Å²) < 4.78 is 0. The van der Waals surface area contributed by atoms with Crippen molar-refractivity contribution < 1.29 is 4.92 Å². The van der Waals surface area contributed by atoms with Crippen LogP contribution in [0.3, 0.4) is 0 Å². The summed E-state index contributed by atoms with van der Waals surface area (Å²) in [5.41, 5.74) is 0.519. The van der Waals surface area contributed by atoms with Gasteiger partial charge in [0.2, 0.25) is 0 Å². The van der Waals surface area contributed by atoms with E-state index in [4.69, 9.17) is 0 Å². The van der Waals surface area contributed by atoms with Crippen LogP contribution in [0.2, 0.25) is 0 Å². The molecule has 1 heterocycles. The molecule has 0 saturated heterocycles. The number of rotatable bonds is 6. The van der Waals surface area contributed by atoms with Gasteiger partial charge in [-0.25, -0.2) is 0 Å². The molecule has 5 nitrogen and oxygen atoms in total. The molecule has 0 spiro atoms. The Hall–Kier alpha value is -2.17.